The number of aromatic hydroxyl groups is 2. The van der Waals surface area contributed by atoms with E-state index >= 15 is 0 Å². The summed E-state index contributed by atoms with van der Waals surface area (Å²) in [5.74, 6) is 0.572. The van der Waals surface area contributed by atoms with E-state index in [1.807, 2.05) is 42.5 Å². The molecule has 0 saturated carbocycles. The van der Waals surface area contributed by atoms with E-state index in [0.717, 1.165) is 10.8 Å². The molecule has 0 aliphatic rings. The quantitative estimate of drug-likeness (QED) is 0.325. The first kappa shape index (κ1) is 21.8. The maximum atomic E-state index is 12.1. The molecule has 0 bridgehead atoms. The Morgan fingerprint density at radius 2 is 1.35 bits per heavy atom. The summed E-state index contributed by atoms with van der Waals surface area (Å²) in [4.78, 5) is -0.0511. The minimum absolute atomic E-state index is 0.0511. The van der Waals surface area contributed by atoms with Crippen molar-refractivity contribution in [3.05, 3.63) is 84.9 Å². The van der Waals surface area contributed by atoms with Gasteiger partial charge in [0.2, 0.25) is 10.0 Å². The van der Waals surface area contributed by atoms with Crippen LogP contribution >= 0.6 is 0 Å². The molecule has 0 unspecified atom stereocenters. The molecule has 0 saturated heterocycles. The molecule has 0 aliphatic carbocycles. The van der Waals surface area contributed by atoms with Crippen LogP contribution in [0.15, 0.2) is 89.8 Å². The summed E-state index contributed by atoms with van der Waals surface area (Å²) in [6.07, 6.45) is 0. The van der Waals surface area contributed by atoms with Crippen LogP contribution in [0.25, 0.3) is 43.8 Å². The van der Waals surface area contributed by atoms with E-state index in [1.54, 1.807) is 30.3 Å². The Balaban J connectivity index is 1.92. The molecule has 7 heteroatoms. The zero-order chi connectivity index (χ0) is 24.0. The summed E-state index contributed by atoms with van der Waals surface area (Å²) < 4.78 is 29.7. The largest absolute Gasteiger partial charge is 0.508 e. The lowest BCUT2D eigenvalue weighted by molar-refractivity contribution is 0.416. The number of rotatable bonds is 4. The fraction of sp³-hybridized carbons (Fsp3) is 0.0370. The van der Waals surface area contributed by atoms with Gasteiger partial charge in [-0.05, 0) is 63.7 Å². The van der Waals surface area contributed by atoms with Gasteiger partial charge in [-0.2, -0.15) is 0 Å². The molecule has 0 atom stereocenters. The summed E-state index contributed by atoms with van der Waals surface area (Å²) >= 11 is 0. The van der Waals surface area contributed by atoms with Crippen molar-refractivity contribution >= 4 is 31.6 Å². The number of phenols is 2. The van der Waals surface area contributed by atoms with Gasteiger partial charge in [-0.15, -0.1) is 0 Å². The molecule has 0 heterocycles. The normalized spacial score (nSPS) is 11.7. The van der Waals surface area contributed by atoms with Gasteiger partial charge in [0.1, 0.15) is 17.2 Å². The lowest BCUT2D eigenvalue weighted by Gasteiger charge is -2.17. The molecule has 0 spiro atoms. The number of hydrogen-bond acceptors (Lipinski definition) is 5. The number of ether oxygens (including phenoxy) is 1. The van der Waals surface area contributed by atoms with Crippen LogP contribution in [0.3, 0.4) is 0 Å². The lowest BCUT2D eigenvalue weighted by atomic mass is 9.89. The average Bonchev–Trinajstić information content (AvgIpc) is 2.83. The highest BCUT2D eigenvalue weighted by Gasteiger charge is 2.20. The second-order valence-electron chi connectivity index (χ2n) is 7.99. The van der Waals surface area contributed by atoms with E-state index in [2.05, 4.69) is 0 Å². The summed E-state index contributed by atoms with van der Waals surface area (Å²) in [6.45, 7) is 0. The minimum atomic E-state index is -3.95. The highest BCUT2D eigenvalue weighted by molar-refractivity contribution is 7.89. The van der Waals surface area contributed by atoms with Gasteiger partial charge >= 0.3 is 0 Å². The maximum absolute atomic E-state index is 12.1. The Kier molecular flexibility index (Phi) is 5.16. The molecule has 4 N–H and O–H groups in total. The molecular formula is C27H21NO5S. The molecule has 170 valence electrons. The van der Waals surface area contributed by atoms with E-state index in [-0.39, 0.29) is 16.4 Å². The fourth-order valence-electron chi connectivity index (χ4n) is 4.38. The molecule has 6 nitrogen and oxygen atoms in total. The van der Waals surface area contributed by atoms with Crippen LogP contribution in [0, 0.1) is 0 Å². The number of benzene rings is 5. The Bertz CT molecular complexity index is 1690. The van der Waals surface area contributed by atoms with Crippen LogP contribution in [0.1, 0.15) is 0 Å². The van der Waals surface area contributed by atoms with Crippen molar-refractivity contribution in [1.82, 2.24) is 0 Å². The van der Waals surface area contributed by atoms with Gasteiger partial charge in [0, 0.05) is 16.5 Å². The van der Waals surface area contributed by atoms with Crippen molar-refractivity contribution < 1.29 is 23.4 Å². The highest BCUT2D eigenvalue weighted by Crippen LogP contribution is 2.46. The number of primary sulfonamides is 1. The van der Waals surface area contributed by atoms with Gasteiger partial charge in [-0.25, -0.2) is 13.6 Å². The standard InChI is InChI=1S/C27H21NO5S/c1-33-26-11-10-18(34(28,31)32)14-24(26)23-15-25(27(30)21-9-5-4-8-20(21)23)22-13-17(29)12-16-6-2-3-7-19(16)22/h2-15,29-30H,1H3,(H2,28,31,32). The highest BCUT2D eigenvalue weighted by atomic mass is 32.2. The van der Waals surface area contributed by atoms with Gasteiger partial charge in [-0.1, -0.05) is 48.5 Å². The average molecular weight is 472 g/mol. The fourth-order valence-corrected chi connectivity index (χ4v) is 4.92. The van der Waals surface area contributed by atoms with Crippen molar-refractivity contribution in [3.63, 3.8) is 0 Å². The van der Waals surface area contributed by atoms with Crippen molar-refractivity contribution in [2.24, 2.45) is 5.14 Å². The topological polar surface area (TPSA) is 110 Å². The third-order valence-electron chi connectivity index (χ3n) is 5.94. The first-order valence-electron chi connectivity index (χ1n) is 10.5. The van der Waals surface area contributed by atoms with Crippen LogP contribution in [-0.4, -0.2) is 25.7 Å². The molecule has 5 rings (SSSR count). The smallest absolute Gasteiger partial charge is 0.238 e. The van der Waals surface area contributed by atoms with Crippen molar-refractivity contribution in [2.45, 2.75) is 4.90 Å². The van der Waals surface area contributed by atoms with Crippen LogP contribution in [0.4, 0.5) is 0 Å². The van der Waals surface area contributed by atoms with Crippen LogP contribution in [0.2, 0.25) is 0 Å². The zero-order valence-electron chi connectivity index (χ0n) is 18.2. The first-order chi connectivity index (χ1) is 16.3. The van der Waals surface area contributed by atoms with E-state index in [4.69, 9.17) is 9.88 Å². The molecule has 0 aromatic heterocycles. The summed E-state index contributed by atoms with van der Waals surface area (Å²) in [6, 6.07) is 24.3. The molecule has 5 aromatic rings. The minimum Gasteiger partial charge on any atom is -0.508 e. The number of methoxy groups -OCH3 is 1. The van der Waals surface area contributed by atoms with Crippen molar-refractivity contribution in [2.75, 3.05) is 7.11 Å². The number of phenolic OH excluding ortho intramolecular Hbond substituents is 2. The summed E-state index contributed by atoms with van der Waals surface area (Å²) in [5, 5.41) is 30.0. The molecule has 0 radical (unpaired) electrons. The third-order valence-corrected chi connectivity index (χ3v) is 6.85. The summed E-state index contributed by atoms with van der Waals surface area (Å²) in [5.41, 5.74) is 2.29. The van der Waals surface area contributed by atoms with Gasteiger partial charge < -0.3 is 14.9 Å². The van der Waals surface area contributed by atoms with E-state index < -0.39 is 10.0 Å². The second kappa shape index (κ2) is 8.06. The number of fused-ring (bicyclic) bond motifs is 2. The second-order valence-corrected chi connectivity index (χ2v) is 9.55. The monoisotopic (exact) mass is 471 g/mol. The summed E-state index contributed by atoms with van der Waals surface area (Å²) in [7, 11) is -2.45. The molecule has 0 aliphatic heterocycles. The predicted octanol–water partition coefficient (Wildman–Crippen LogP) is 5.39. The number of sulfonamides is 1. The van der Waals surface area contributed by atoms with Gasteiger partial charge in [0.15, 0.2) is 0 Å². The van der Waals surface area contributed by atoms with Crippen molar-refractivity contribution in [3.8, 4) is 39.5 Å². The van der Waals surface area contributed by atoms with Crippen LogP contribution in [0.5, 0.6) is 17.2 Å². The molecule has 5 aromatic carbocycles. The third kappa shape index (κ3) is 3.61. The van der Waals surface area contributed by atoms with E-state index in [1.165, 1.54) is 19.2 Å². The molecule has 0 fully saturated rings. The van der Waals surface area contributed by atoms with Crippen molar-refractivity contribution in [1.29, 1.82) is 0 Å². The predicted molar refractivity (Wildman–Crippen MR) is 134 cm³/mol. The Morgan fingerprint density at radius 1 is 0.706 bits per heavy atom. The van der Waals surface area contributed by atoms with Gasteiger partial charge in [0.25, 0.3) is 0 Å². The Hall–Kier alpha value is -4.07. The van der Waals surface area contributed by atoms with Crippen LogP contribution < -0.4 is 9.88 Å². The van der Waals surface area contributed by atoms with Crippen LogP contribution in [-0.2, 0) is 10.0 Å². The number of nitrogens with two attached hydrogens (primary N) is 1. The number of hydrogen-bond donors (Lipinski definition) is 3. The SMILES string of the molecule is COc1ccc(S(N)(=O)=O)cc1-c1cc(-c2cc(O)cc3ccccc23)c(O)c2ccccc12. The zero-order valence-corrected chi connectivity index (χ0v) is 19.0. The molecule has 0 amide bonds. The Morgan fingerprint density at radius 3 is 2.06 bits per heavy atom. The van der Waals surface area contributed by atoms with E-state index in [9.17, 15) is 18.6 Å². The van der Waals surface area contributed by atoms with E-state index in [0.29, 0.717) is 38.8 Å². The van der Waals surface area contributed by atoms with Gasteiger partial charge in [-0.3, -0.25) is 0 Å². The van der Waals surface area contributed by atoms with Gasteiger partial charge in [0.05, 0.1) is 12.0 Å². The first-order valence-corrected chi connectivity index (χ1v) is 12.0. The molecular weight excluding hydrogens is 450 g/mol. The molecule has 34 heavy (non-hydrogen) atoms. The lowest BCUT2D eigenvalue weighted by Crippen LogP contribution is -2.12. The maximum Gasteiger partial charge on any atom is 0.238 e. The Labute approximate surface area is 196 Å².